The largest absolute Gasteiger partial charge is 0.395 e. The van der Waals surface area contributed by atoms with Crippen LogP contribution in [0.2, 0.25) is 0 Å². The number of benzene rings is 3. The maximum atomic E-state index is 14.1. The van der Waals surface area contributed by atoms with Crippen molar-refractivity contribution >= 4 is 22.5 Å². The summed E-state index contributed by atoms with van der Waals surface area (Å²) in [6, 6.07) is 28.4. The van der Waals surface area contributed by atoms with E-state index >= 15 is 0 Å². The van der Waals surface area contributed by atoms with Crippen molar-refractivity contribution in [1.29, 1.82) is 0 Å². The lowest BCUT2D eigenvalue weighted by molar-refractivity contribution is 0.0940. The lowest BCUT2D eigenvalue weighted by Crippen LogP contribution is -2.31. The van der Waals surface area contributed by atoms with Crippen LogP contribution in [0.4, 0.5) is 0 Å². The maximum Gasteiger partial charge on any atom is 0.281 e. The highest BCUT2D eigenvalue weighted by Crippen LogP contribution is 2.35. The summed E-state index contributed by atoms with van der Waals surface area (Å²) < 4.78 is 1.40. The molecule has 0 fully saturated rings. The monoisotopic (exact) mass is 501 g/mol. The molecule has 0 unspecified atom stereocenters. The average molecular weight is 502 g/mol. The summed E-state index contributed by atoms with van der Waals surface area (Å²) in [6.07, 6.45) is 1.70. The minimum atomic E-state index is -0.540. The van der Waals surface area contributed by atoms with Gasteiger partial charge in [-0.3, -0.25) is 19.7 Å². The first kappa shape index (κ1) is 23.3. The van der Waals surface area contributed by atoms with Gasteiger partial charge in [0.05, 0.1) is 28.9 Å². The summed E-state index contributed by atoms with van der Waals surface area (Å²) in [4.78, 5) is 36.6. The summed E-state index contributed by atoms with van der Waals surface area (Å²) >= 11 is 0. The van der Waals surface area contributed by atoms with Crippen LogP contribution in [0.25, 0.3) is 50.1 Å². The Morgan fingerprint density at radius 3 is 2.34 bits per heavy atom. The summed E-state index contributed by atoms with van der Waals surface area (Å²) in [5.41, 5.74) is 4.53. The number of pyridine rings is 1. The molecule has 3 N–H and O–H groups in total. The predicted octanol–water partition coefficient (Wildman–Crippen LogP) is 4.29. The molecule has 8 heteroatoms. The molecule has 3 aromatic carbocycles. The Labute approximate surface area is 217 Å². The number of nitrogens with one attached hydrogen (secondary N) is 2. The second-order valence-corrected chi connectivity index (χ2v) is 8.78. The topological polar surface area (TPSA) is 112 Å². The van der Waals surface area contributed by atoms with Crippen molar-refractivity contribution in [2.75, 3.05) is 13.2 Å². The van der Waals surface area contributed by atoms with Gasteiger partial charge >= 0.3 is 0 Å². The van der Waals surface area contributed by atoms with E-state index in [2.05, 4.69) is 15.4 Å². The lowest BCUT2D eigenvalue weighted by atomic mass is 10.00. The third-order valence-corrected chi connectivity index (χ3v) is 6.41. The first-order chi connectivity index (χ1) is 18.7. The smallest absolute Gasteiger partial charge is 0.281 e. The summed E-state index contributed by atoms with van der Waals surface area (Å²) in [5.74, 6) is -0.540. The van der Waals surface area contributed by atoms with Crippen LogP contribution < -0.4 is 10.9 Å². The minimum Gasteiger partial charge on any atom is -0.395 e. The summed E-state index contributed by atoms with van der Waals surface area (Å²) in [5, 5.41) is 16.1. The highest BCUT2D eigenvalue weighted by Gasteiger charge is 2.25. The molecule has 0 bridgehead atoms. The van der Waals surface area contributed by atoms with E-state index in [4.69, 9.17) is 4.98 Å². The van der Waals surface area contributed by atoms with Crippen molar-refractivity contribution < 1.29 is 9.90 Å². The molecule has 0 atom stereocenters. The number of hydrogen-bond donors (Lipinski definition) is 3. The molecule has 0 saturated carbocycles. The van der Waals surface area contributed by atoms with Gasteiger partial charge < -0.3 is 10.4 Å². The van der Waals surface area contributed by atoms with E-state index in [1.54, 1.807) is 12.3 Å². The van der Waals surface area contributed by atoms with Crippen molar-refractivity contribution in [3.05, 3.63) is 113 Å². The number of rotatable bonds is 6. The fourth-order valence-electron chi connectivity index (χ4n) is 4.67. The van der Waals surface area contributed by atoms with Gasteiger partial charge in [-0.2, -0.15) is 4.52 Å². The number of aromatic amines is 1. The molecule has 3 aromatic heterocycles. The quantitative estimate of drug-likeness (QED) is 0.315. The number of nitrogens with zero attached hydrogens (tertiary/aromatic N) is 3. The number of fused-ring (bicyclic) bond motifs is 2. The Hall–Kier alpha value is -5.08. The lowest BCUT2D eigenvalue weighted by Gasteiger charge is -2.11. The van der Waals surface area contributed by atoms with Crippen LogP contribution in [0, 0.1) is 0 Å². The van der Waals surface area contributed by atoms with E-state index in [9.17, 15) is 14.7 Å². The number of H-pyrrole nitrogens is 1. The second kappa shape index (κ2) is 9.76. The first-order valence-electron chi connectivity index (χ1n) is 12.2. The zero-order valence-corrected chi connectivity index (χ0v) is 20.3. The Morgan fingerprint density at radius 2 is 1.61 bits per heavy atom. The number of amides is 1. The molecule has 6 aromatic rings. The van der Waals surface area contributed by atoms with Gasteiger partial charge in [-0.1, -0.05) is 72.8 Å². The molecule has 0 aliphatic rings. The Balaban J connectivity index is 1.69. The molecule has 0 radical (unpaired) electrons. The zero-order valence-electron chi connectivity index (χ0n) is 20.3. The summed E-state index contributed by atoms with van der Waals surface area (Å²) in [7, 11) is 0. The standard InChI is InChI=1S/C30H23N5O3/c36-17-16-32-29(37)27-25(22-13-14-23-21(18-22)12-7-15-31-23)30(38)35-28(33-27)24(19-8-3-1-4-9-19)26(34-35)20-10-5-2-6-11-20/h1-15,18,34,36H,16-17H2,(H,32,37). The van der Waals surface area contributed by atoms with Crippen LogP contribution in [0.1, 0.15) is 10.5 Å². The van der Waals surface area contributed by atoms with Gasteiger partial charge in [0, 0.05) is 23.7 Å². The van der Waals surface area contributed by atoms with Crippen molar-refractivity contribution in [2.24, 2.45) is 0 Å². The highest BCUT2D eigenvalue weighted by atomic mass is 16.3. The number of carbonyl (C=O) groups excluding carboxylic acids is 1. The molecule has 3 heterocycles. The number of hydrogen-bond acceptors (Lipinski definition) is 5. The van der Waals surface area contributed by atoms with Crippen LogP contribution in [0.3, 0.4) is 0 Å². The van der Waals surface area contributed by atoms with Gasteiger partial charge in [0.25, 0.3) is 11.5 Å². The number of aliphatic hydroxyl groups excluding tert-OH is 1. The van der Waals surface area contributed by atoms with Crippen LogP contribution in [0.5, 0.6) is 0 Å². The average Bonchev–Trinajstić information content (AvgIpc) is 3.36. The van der Waals surface area contributed by atoms with Crippen molar-refractivity contribution in [3.8, 4) is 33.5 Å². The molecule has 1 amide bonds. The third kappa shape index (κ3) is 4.03. The molecule has 0 spiro atoms. The van der Waals surface area contributed by atoms with E-state index in [1.807, 2.05) is 84.9 Å². The fraction of sp³-hybridized carbons (Fsp3) is 0.0667. The van der Waals surface area contributed by atoms with Crippen molar-refractivity contribution in [2.45, 2.75) is 0 Å². The number of carbonyl (C=O) groups is 1. The van der Waals surface area contributed by atoms with E-state index < -0.39 is 11.5 Å². The summed E-state index contributed by atoms with van der Waals surface area (Å²) in [6.45, 7) is -0.198. The van der Waals surface area contributed by atoms with Crippen LogP contribution in [-0.2, 0) is 0 Å². The predicted molar refractivity (Wildman–Crippen MR) is 147 cm³/mol. The molecule has 6 rings (SSSR count). The van der Waals surface area contributed by atoms with Crippen LogP contribution in [-0.4, -0.2) is 43.7 Å². The first-order valence-corrected chi connectivity index (χ1v) is 12.2. The maximum absolute atomic E-state index is 14.1. The Bertz CT molecular complexity index is 1840. The minimum absolute atomic E-state index is 0.0116. The van der Waals surface area contributed by atoms with E-state index in [0.717, 1.165) is 22.0 Å². The van der Waals surface area contributed by atoms with Crippen molar-refractivity contribution in [3.63, 3.8) is 0 Å². The SMILES string of the molecule is O=C(NCCO)c1nc2c(-c3ccccc3)c(-c3ccccc3)[nH]n2c(=O)c1-c1ccc2ncccc2c1. The number of aromatic nitrogens is 4. The van der Waals surface area contributed by atoms with Gasteiger partial charge in [0.1, 0.15) is 5.69 Å². The van der Waals surface area contributed by atoms with Gasteiger partial charge in [-0.05, 0) is 29.3 Å². The normalized spacial score (nSPS) is 11.2. The second-order valence-electron chi connectivity index (χ2n) is 8.78. The van der Waals surface area contributed by atoms with Gasteiger partial charge in [-0.25, -0.2) is 4.98 Å². The van der Waals surface area contributed by atoms with Crippen LogP contribution >= 0.6 is 0 Å². The molecule has 186 valence electrons. The molecule has 8 nitrogen and oxygen atoms in total. The van der Waals surface area contributed by atoms with Gasteiger partial charge in [0.15, 0.2) is 5.65 Å². The molecule has 0 saturated heterocycles. The molecule has 0 aliphatic carbocycles. The third-order valence-electron chi connectivity index (χ3n) is 6.41. The van der Waals surface area contributed by atoms with E-state index in [0.29, 0.717) is 22.5 Å². The van der Waals surface area contributed by atoms with E-state index in [1.165, 1.54) is 4.52 Å². The highest BCUT2D eigenvalue weighted by molar-refractivity contribution is 6.01. The number of aliphatic hydroxyl groups is 1. The zero-order chi connectivity index (χ0) is 26.1. The Morgan fingerprint density at radius 1 is 0.868 bits per heavy atom. The van der Waals surface area contributed by atoms with Crippen LogP contribution in [0.15, 0.2) is 102 Å². The van der Waals surface area contributed by atoms with Gasteiger partial charge in [0.2, 0.25) is 0 Å². The fourth-order valence-corrected chi connectivity index (χ4v) is 4.67. The van der Waals surface area contributed by atoms with E-state index in [-0.39, 0.29) is 24.4 Å². The molecular formula is C30H23N5O3. The molecule has 0 aliphatic heterocycles. The van der Waals surface area contributed by atoms with Gasteiger partial charge in [-0.15, -0.1) is 0 Å². The molecule has 38 heavy (non-hydrogen) atoms. The Kier molecular flexibility index (Phi) is 5.99. The van der Waals surface area contributed by atoms with Crippen molar-refractivity contribution in [1.82, 2.24) is 24.9 Å². The molecular weight excluding hydrogens is 478 g/mol.